The van der Waals surface area contributed by atoms with Crippen LogP contribution in [0.4, 0.5) is 0 Å². The van der Waals surface area contributed by atoms with E-state index in [1.165, 1.54) is 0 Å². The van der Waals surface area contributed by atoms with Crippen molar-refractivity contribution >= 4 is 0 Å². The molecule has 2 nitrogen and oxygen atoms in total. The maximum Gasteiger partial charge on any atom is 0.0837 e. The summed E-state index contributed by atoms with van der Waals surface area (Å²) < 4.78 is 5.10. The van der Waals surface area contributed by atoms with Gasteiger partial charge in [0.15, 0.2) is 0 Å². The van der Waals surface area contributed by atoms with Gasteiger partial charge in [0.05, 0.1) is 18.3 Å². The monoisotopic (exact) mass is 158 g/mol. The summed E-state index contributed by atoms with van der Waals surface area (Å²) in [6.07, 6.45) is 1.97. The van der Waals surface area contributed by atoms with E-state index in [4.69, 9.17) is 4.74 Å². The van der Waals surface area contributed by atoms with Gasteiger partial charge < -0.3 is 9.84 Å². The van der Waals surface area contributed by atoms with Gasteiger partial charge in [0, 0.05) is 6.42 Å². The van der Waals surface area contributed by atoms with Crippen LogP contribution >= 0.6 is 0 Å². The number of rotatable bonds is 4. The second kappa shape index (κ2) is 3.11. The maximum absolute atomic E-state index is 10.0. The van der Waals surface area contributed by atoms with E-state index < -0.39 is 5.60 Å². The zero-order valence-electron chi connectivity index (χ0n) is 7.63. The standard InChI is InChI=1S/C9H18O2/c1-4-9(10,7(2)3)5-8-6-11-8/h7-8,10H,4-6H2,1-3H3/t8-,9+/m0/s1. The van der Waals surface area contributed by atoms with Crippen LogP contribution in [-0.2, 0) is 4.74 Å². The third-order valence-corrected chi connectivity index (χ3v) is 2.67. The van der Waals surface area contributed by atoms with Crippen molar-refractivity contribution < 1.29 is 9.84 Å². The molecule has 11 heavy (non-hydrogen) atoms. The summed E-state index contributed by atoms with van der Waals surface area (Å²) in [4.78, 5) is 0. The summed E-state index contributed by atoms with van der Waals surface area (Å²) in [5.41, 5.74) is -0.499. The first kappa shape index (κ1) is 9.01. The van der Waals surface area contributed by atoms with Crippen LogP contribution in [-0.4, -0.2) is 23.4 Å². The zero-order chi connectivity index (χ0) is 8.48. The van der Waals surface area contributed by atoms with Crippen molar-refractivity contribution in [3.63, 3.8) is 0 Å². The molecule has 0 amide bonds. The Hall–Kier alpha value is -0.0800. The van der Waals surface area contributed by atoms with Gasteiger partial charge in [-0.25, -0.2) is 0 Å². The Kier molecular flexibility index (Phi) is 2.55. The average Bonchev–Trinajstić information content (AvgIpc) is 2.71. The predicted octanol–water partition coefficient (Wildman–Crippen LogP) is 1.57. The lowest BCUT2D eigenvalue weighted by molar-refractivity contribution is -0.0221. The summed E-state index contributed by atoms with van der Waals surface area (Å²) in [6.45, 7) is 7.00. The largest absolute Gasteiger partial charge is 0.390 e. The van der Waals surface area contributed by atoms with Crippen LogP contribution in [0.3, 0.4) is 0 Å². The van der Waals surface area contributed by atoms with Gasteiger partial charge in [0.2, 0.25) is 0 Å². The van der Waals surface area contributed by atoms with Gasteiger partial charge in [-0.15, -0.1) is 0 Å². The highest BCUT2D eigenvalue weighted by Gasteiger charge is 2.37. The van der Waals surface area contributed by atoms with E-state index >= 15 is 0 Å². The van der Waals surface area contributed by atoms with Crippen LogP contribution in [0, 0.1) is 5.92 Å². The molecule has 1 N–H and O–H groups in total. The molecule has 0 aromatic carbocycles. The average molecular weight is 158 g/mol. The molecular formula is C9H18O2. The number of aliphatic hydroxyl groups is 1. The van der Waals surface area contributed by atoms with Crippen LogP contribution in [0.15, 0.2) is 0 Å². The molecule has 1 aliphatic heterocycles. The Balaban J connectivity index is 2.42. The number of hydrogen-bond donors (Lipinski definition) is 1. The van der Waals surface area contributed by atoms with E-state index in [0.29, 0.717) is 12.0 Å². The first-order chi connectivity index (χ1) is 5.08. The van der Waals surface area contributed by atoms with E-state index in [0.717, 1.165) is 19.4 Å². The van der Waals surface area contributed by atoms with Crippen LogP contribution in [0.1, 0.15) is 33.6 Å². The van der Waals surface area contributed by atoms with Crippen LogP contribution in [0.5, 0.6) is 0 Å². The molecule has 1 aliphatic rings. The Morgan fingerprint density at radius 1 is 1.64 bits per heavy atom. The van der Waals surface area contributed by atoms with Crippen molar-refractivity contribution in [2.45, 2.75) is 45.3 Å². The lowest BCUT2D eigenvalue weighted by atomic mass is 9.84. The minimum Gasteiger partial charge on any atom is -0.390 e. The van der Waals surface area contributed by atoms with Gasteiger partial charge in [-0.2, -0.15) is 0 Å². The van der Waals surface area contributed by atoms with Crippen molar-refractivity contribution in [2.75, 3.05) is 6.61 Å². The van der Waals surface area contributed by atoms with Crippen LogP contribution in [0.25, 0.3) is 0 Å². The molecule has 0 bridgehead atoms. The highest BCUT2D eigenvalue weighted by molar-refractivity contribution is 4.87. The van der Waals surface area contributed by atoms with Gasteiger partial charge >= 0.3 is 0 Å². The third kappa shape index (κ3) is 2.17. The van der Waals surface area contributed by atoms with E-state index in [1.807, 2.05) is 6.92 Å². The topological polar surface area (TPSA) is 32.8 Å². The van der Waals surface area contributed by atoms with Crippen molar-refractivity contribution in [1.82, 2.24) is 0 Å². The molecule has 2 heteroatoms. The Labute approximate surface area is 68.6 Å². The molecular weight excluding hydrogens is 140 g/mol. The van der Waals surface area contributed by atoms with Gasteiger partial charge in [-0.1, -0.05) is 20.8 Å². The first-order valence-corrected chi connectivity index (χ1v) is 4.42. The van der Waals surface area contributed by atoms with Crippen LogP contribution < -0.4 is 0 Å². The predicted molar refractivity (Wildman–Crippen MR) is 44.4 cm³/mol. The molecule has 0 aromatic rings. The summed E-state index contributed by atoms with van der Waals surface area (Å²) in [5.74, 6) is 0.330. The smallest absolute Gasteiger partial charge is 0.0837 e. The minimum atomic E-state index is -0.499. The fraction of sp³-hybridized carbons (Fsp3) is 1.00. The zero-order valence-corrected chi connectivity index (χ0v) is 7.63. The maximum atomic E-state index is 10.0. The molecule has 0 aliphatic carbocycles. The fourth-order valence-electron chi connectivity index (χ4n) is 1.37. The van der Waals surface area contributed by atoms with Gasteiger partial charge in [-0.05, 0) is 12.3 Å². The molecule has 0 aromatic heterocycles. The lowest BCUT2D eigenvalue weighted by Gasteiger charge is -2.30. The lowest BCUT2D eigenvalue weighted by Crippen LogP contribution is -2.35. The second-order valence-electron chi connectivity index (χ2n) is 3.77. The third-order valence-electron chi connectivity index (χ3n) is 2.67. The number of ether oxygens (including phenoxy) is 1. The molecule has 1 saturated heterocycles. The molecule has 0 spiro atoms. The first-order valence-electron chi connectivity index (χ1n) is 4.42. The molecule has 0 unspecified atom stereocenters. The molecule has 2 atom stereocenters. The van der Waals surface area contributed by atoms with Crippen molar-refractivity contribution in [2.24, 2.45) is 5.92 Å². The van der Waals surface area contributed by atoms with Crippen molar-refractivity contribution in [3.05, 3.63) is 0 Å². The fourth-order valence-corrected chi connectivity index (χ4v) is 1.37. The van der Waals surface area contributed by atoms with E-state index in [-0.39, 0.29) is 0 Å². The highest BCUT2D eigenvalue weighted by atomic mass is 16.6. The second-order valence-corrected chi connectivity index (χ2v) is 3.77. The van der Waals surface area contributed by atoms with Crippen molar-refractivity contribution in [1.29, 1.82) is 0 Å². The molecule has 66 valence electrons. The van der Waals surface area contributed by atoms with E-state index in [1.54, 1.807) is 0 Å². The van der Waals surface area contributed by atoms with Crippen LogP contribution in [0.2, 0.25) is 0 Å². The summed E-state index contributed by atoms with van der Waals surface area (Å²) in [7, 11) is 0. The quantitative estimate of drug-likeness (QED) is 0.630. The Bertz CT molecular complexity index is 130. The summed E-state index contributed by atoms with van der Waals surface area (Å²) >= 11 is 0. The molecule has 1 rings (SSSR count). The molecule has 1 heterocycles. The highest BCUT2D eigenvalue weighted by Crippen LogP contribution is 2.31. The normalized spacial score (nSPS) is 28.6. The minimum absolute atomic E-state index is 0.330. The van der Waals surface area contributed by atoms with E-state index in [2.05, 4.69) is 13.8 Å². The number of epoxide rings is 1. The van der Waals surface area contributed by atoms with E-state index in [9.17, 15) is 5.11 Å². The Morgan fingerprint density at radius 3 is 2.45 bits per heavy atom. The summed E-state index contributed by atoms with van der Waals surface area (Å²) in [5, 5.41) is 10.0. The van der Waals surface area contributed by atoms with Gasteiger partial charge in [0.25, 0.3) is 0 Å². The molecule has 0 saturated carbocycles. The summed E-state index contributed by atoms with van der Waals surface area (Å²) in [6, 6.07) is 0. The number of hydrogen-bond acceptors (Lipinski definition) is 2. The van der Waals surface area contributed by atoms with Gasteiger partial charge in [-0.3, -0.25) is 0 Å². The molecule has 0 radical (unpaired) electrons. The van der Waals surface area contributed by atoms with Crippen molar-refractivity contribution in [3.8, 4) is 0 Å². The molecule has 1 fully saturated rings. The van der Waals surface area contributed by atoms with Gasteiger partial charge in [0.1, 0.15) is 0 Å². The Morgan fingerprint density at radius 2 is 2.18 bits per heavy atom. The SMILES string of the molecule is CC[C@@](O)(C[C@H]1CO1)C(C)C.